The first kappa shape index (κ1) is 17.7. The molecule has 4 rings (SSSR count). The van der Waals surface area contributed by atoms with Gasteiger partial charge in [0.05, 0.1) is 30.9 Å². The largest absolute Gasteiger partial charge is 0.481 e. The fourth-order valence-electron chi connectivity index (χ4n) is 3.99. The van der Waals surface area contributed by atoms with Gasteiger partial charge in [-0.1, -0.05) is 18.2 Å². The van der Waals surface area contributed by atoms with Gasteiger partial charge in [-0.25, -0.2) is 0 Å². The summed E-state index contributed by atoms with van der Waals surface area (Å²) in [6, 6.07) is 9.86. The molecule has 0 aliphatic carbocycles. The molecule has 0 spiro atoms. The molecule has 0 unspecified atom stereocenters. The van der Waals surface area contributed by atoms with Crippen molar-refractivity contribution < 1.29 is 14.7 Å². The van der Waals surface area contributed by atoms with E-state index in [-0.39, 0.29) is 12.3 Å². The maximum Gasteiger partial charge on any atom is 0.303 e. The molecule has 1 aromatic heterocycles. The van der Waals surface area contributed by atoms with Crippen molar-refractivity contribution in [1.29, 1.82) is 0 Å². The highest BCUT2D eigenvalue weighted by molar-refractivity contribution is 5.96. The molecule has 1 fully saturated rings. The topological polar surface area (TPSA) is 87.5 Å². The van der Waals surface area contributed by atoms with E-state index in [1.807, 2.05) is 33.8 Å². The first-order chi connectivity index (χ1) is 13.1. The summed E-state index contributed by atoms with van der Waals surface area (Å²) in [5, 5.41) is 16.7. The molecule has 1 atom stereocenters. The summed E-state index contributed by atoms with van der Waals surface area (Å²) < 4.78 is 1.90. The van der Waals surface area contributed by atoms with E-state index in [1.54, 1.807) is 0 Å². The second kappa shape index (κ2) is 7.52. The van der Waals surface area contributed by atoms with Crippen molar-refractivity contribution >= 4 is 11.9 Å². The minimum absolute atomic E-state index is 0.0667. The molecule has 1 saturated heterocycles. The van der Waals surface area contributed by atoms with E-state index in [2.05, 4.69) is 16.5 Å². The number of nitrogens with zero attached hydrogens (tertiary/aromatic N) is 3. The molecule has 2 aliphatic heterocycles. The Hall–Kier alpha value is -2.67. The van der Waals surface area contributed by atoms with Crippen molar-refractivity contribution in [3.05, 3.63) is 52.8 Å². The van der Waals surface area contributed by atoms with Crippen LogP contribution in [0.1, 0.15) is 46.1 Å². The lowest BCUT2D eigenvalue weighted by atomic mass is 9.93. The Bertz CT molecular complexity index is 855. The molecule has 0 bridgehead atoms. The predicted octanol–water partition coefficient (Wildman–Crippen LogP) is 1.63. The van der Waals surface area contributed by atoms with E-state index in [0.717, 1.165) is 42.0 Å². The SMILES string of the molecule is O=C(O)CCc1cc2n(n1)CCN(C(=O)c1ccccc1[C@@H]1CCNC1)C2. The van der Waals surface area contributed by atoms with Crippen molar-refractivity contribution in [2.75, 3.05) is 19.6 Å². The van der Waals surface area contributed by atoms with Crippen LogP contribution in [0.25, 0.3) is 0 Å². The number of fused-ring (bicyclic) bond motifs is 1. The van der Waals surface area contributed by atoms with Crippen LogP contribution >= 0.6 is 0 Å². The van der Waals surface area contributed by atoms with Crippen LogP contribution in [0.2, 0.25) is 0 Å². The van der Waals surface area contributed by atoms with Crippen LogP contribution in [0.5, 0.6) is 0 Å². The number of nitrogens with one attached hydrogen (secondary N) is 1. The van der Waals surface area contributed by atoms with Crippen molar-refractivity contribution in [3.8, 4) is 0 Å². The third-order valence-corrected chi connectivity index (χ3v) is 5.42. The van der Waals surface area contributed by atoms with E-state index in [4.69, 9.17) is 5.11 Å². The Kier molecular flexibility index (Phi) is 4.94. The molecule has 3 heterocycles. The second-order valence-corrected chi connectivity index (χ2v) is 7.25. The smallest absolute Gasteiger partial charge is 0.303 e. The molecular formula is C20H24N4O3. The number of rotatable bonds is 5. The van der Waals surface area contributed by atoms with Gasteiger partial charge in [0, 0.05) is 25.1 Å². The summed E-state index contributed by atoms with van der Waals surface area (Å²) >= 11 is 0. The van der Waals surface area contributed by atoms with Gasteiger partial charge in [0.2, 0.25) is 0 Å². The maximum atomic E-state index is 13.2. The molecule has 1 amide bonds. The Balaban J connectivity index is 1.51. The van der Waals surface area contributed by atoms with Crippen LogP contribution in [0, 0.1) is 0 Å². The fourth-order valence-corrected chi connectivity index (χ4v) is 3.99. The van der Waals surface area contributed by atoms with Gasteiger partial charge in [0.25, 0.3) is 5.91 Å². The van der Waals surface area contributed by atoms with Crippen molar-refractivity contribution in [1.82, 2.24) is 20.0 Å². The molecule has 0 saturated carbocycles. The molecule has 142 valence electrons. The number of carboxylic acid groups (broad SMARTS) is 1. The zero-order chi connectivity index (χ0) is 18.8. The lowest BCUT2D eigenvalue weighted by Crippen LogP contribution is -2.38. The molecule has 27 heavy (non-hydrogen) atoms. The Morgan fingerprint density at radius 1 is 1.26 bits per heavy atom. The van der Waals surface area contributed by atoms with Gasteiger partial charge in [0.1, 0.15) is 0 Å². The summed E-state index contributed by atoms with van der Waals surface area (Å²) in [6.45, 7) is 3.68. The lowest BCUT2D eigenvalue weighted by molar-refractivity contribution is -0.136. The van der Waals surface area contributed by atoms with E-state index in [1.165, 1.54) is 0 Å². The van der Waals surface area contributed by atoms with Crippen molar-refractivity contribution in [3.63, 3.8) is 0 Å². The number of hydrogen-bond acceptors (Lipinski definition) is 4. The molecule has 7 nitrogen and oxygen atoms in total. The first-order valence-corrected chi connectivity index (χ1v) is 9.48. The van der Waals surface area contributed by atoms with Crippen LogP contribution in [0.3, 0.4) is 0 Å². The summed E-state index contributed by atoms with van der Waals surface area (Å²) in [5.41, 5.74) is 3.67. The van der Waals surface area contributed by atoms with Crippen LogP contribution in [0.4, 0.5) is 0 Å². The van der Waals surface area contributed by atoms with Crippen LogP contribution in [-0.4, -0.2) is 51.3 Å². The number of carbonyl (C=O) groups is 2. The Morgan fingerprint density at radius 3 is 2.89 bits per heavy atom. The van der Waals surface area contributed by atoms with Crippen LogP contribution in [-0.2, 0) is 24.3 Å². The van der Waals surface area contributed by atoms with Gasteiger partial charge in [-0.05, 0) is 36.6 Å². The second-order valence-electron chi connectivity index (χ2n) is 7.25. The number of aryl methyl sites for hydroxylation is 1. The number of aromatic nitrogens is 2. The van der Waals surface area contributed by atoms with Crippen molar-refractivity contribution in [2.45, 2.75) is 38.3 Å². The molecule has 7 heteroatoms. The average Bonchev–Trinajstić information content (AvgIpc) is 3.34. The summed E-state index contributed by atoms with van der Waals surface area (Å²) in [5.74, 6) is -0.365. The molecule has 2 aromatic rings. The minimum atomic E-state index is -0.823. The summed E-state index contributed by atoms with van der Waals surface area (Å²) in [6.07, 6.45) is 1.55. The molecule has 2 aliphatic rings. The summed E-state index contributed by atoms with van der Waals surface area (Å²) in [4.78, 5) is 25.8. The fraction of sp³-hybridized carbons (Fsp3) is 0.450. The van der Waals surface area contributed by atoms with Gasteiger partial charge in [-0.3, -0.25) is 14.3 Å². The van der Waals surface area contributed by atoms with Gasteiger partial charge in [0.15, 0.2) is 0 Å². The molecule has 2 N–H and O–H groups in total. The lowest BCUT2D eigenvalue weighted by Gasteiger charge is -2.29. The molecule has 0 radical (unpaired) electrons. The van der Waals surface area contributed by atoms with Crippen LogP contribution < -0.4 is 5.32 Å². The number of aliphatic carboxylic acids is 1. The first-order valence-electron chi connectivity index (χ1n) is 9.48. The normalized spacial score (nSPS) is 19.1. The maximum absolute atomic E-state index is 13.2. The van der Waals surface area contributed by atoms with E-state index in [9.17, 15) is 9.59 Å². The monoisotopic (exact) mass is 368 g/mol. The van der Waals surface area contributed by atoms with Gasteiger partial charge in [-0.2, -0.15) is 5.10 Å². The third kappa shape index (κ3) is 3.73. The highest BCUT2D eigenvalue weighted by Gasteiger charge is 2.27. The van der Waals surface area contributed by atoms with Crippen molar-refractivity contribution in [2.24, 2.45) is 0 Å². The van der Waals surface area contributed by atoms with Crippen LogP contribution in [0.15, 0.2) is 30.3 Å². The minimum Gasteiger partial charge on any atom is -0.481 e. The highest BCUT2D eigenvalue weighted by Crippen LogP contribution is 2.27. The number of carbonyl (C=O) groups excluding carboxylic acids is 1. The zero-order valence-corrected chi connectivity index (χ0v) is 15.2. The van der Waals surface area contributed by atoms with E-state index < -0.39 is 5.97 Å². The van der Waals surface area contributed by atoms with Gasteiger partial charge >= 0.3 is 5.97 Å². The Morgan fingerprint density at radius 2 is 2.11 bits per heavy atom. The third-order valence-electron chi connectivity index (χ3n) is 5.42. The number of hydrogen-bond donors (Lipinski definition) is 2. The average molecular weight is 368 g/mol. The quantitative estimate of drug-likeness (QED) is 0.838. The number of benzene rings is 1. The molecular weight excluding hydrogens is 344 g/mol. The number of amides is 1. The van der Waals surface area contributed by atoms with Gasteiger partial charge < -0.3 is 15.3 Å². The number of carboxylic acids is 1. The Labute approximate surface area is 158 Å². The molecule has 1 aromatic carbocycles. The highest BCUT2D eigenvalue weighted by atomic mass is 16.4. The zero-order valence-electron chi connectivity index (χ0n) is 15.2. The summed E-state index contributed by atoms with van der Waals surface area (Å²) in [7, 11) is 0. The van der Waals surface area contributed by atoms with E-state index in [0.29, 0.717) is 32.0 Å². The van der Waals surface area contributed by atoms with E-state index >= 15 is 0 Å². The van der Waals surface area contributed by atoms with Gasteiger partial charge in [-0.15, -0.1) is 0 Å². The standard InChI is InChI=1S/C20H24N4O3/c25-19(26)6-5-15-11-16-13-23(9-10-24(16)22-15)20(27)18-4-2-1-3-17(18)14-7-8-21-12-14/h1-4,11,14,21H,5-10,12-13H2,(H,25,26)/t14-/m1/s1. The predicted molar refractivity (Wildman–Crippen MR) is 99.6 cm³/mol.